The molecular weight excluding hydrogens is 558 g/mol. The maximum atomic E-state index is 14.2. The topological polar surface area (TPSA) is 114 Å². The van der Waals surface area contributed by atoms with Crippen molar-refractivity contribution in [3.05, 3.63) is 78.4 Å². The number of nitrogens with one attached hydrogen (secondary N) is 1. The van der Waals surface area contributed by atoms with Crippen molar-refractivity contribution in [2.45, 2.75) is 44.2 Å². The molecule has 0 saturated heterocycles. The Morgan fingerprint density at radius 1 is 0.833 bits per heavy atom. The van der Waals surface area contributed by atoms with E-state index in [4.69, 9.17) is 14.2 Å². The first-order valence-electron chi connectivity index (χ1n) is 13.7. The van der Waals surface area contributed by atoms with Crippen molar-refractivity contribution in [3.8, 4) is 17.2 Å². The molecule has 3 aromatic rings. The van der Waals surface area contributed by atoms with Crippen molar-refractivity contribution in [2.24, 2.45) is 0 Å². The molecule has 0 bridgehead atoms. The van der Waals surface area contributed by atoms with Crippen molar-refractivity contribution < 1.29 is 32.2 Å². The smallest absolute Gasteiger partial charge is 0.264 e. The molecule has 0 aliphatic heterocycles. The Balaban J connectivity index is 2.08. The average molecular weight is 598 g/mol. The second kappa shape index (κ2) is 15.1. The summed E-state index contributed by atoms with van der Waals surface area (Å²) in [6.45, 7) is 3.73. The summed E-state index contributed by atoms with van der Waals surface area (Å²) in [6.07, 6.45) is 1.06. The number of amides is 2. The monoisotopic (exact) mass is 597 g/mol. The lowest BCUT2D eigenvalue weighted by molar-refractivity contribution is -0.140. The number of nitrogens with zero attached hydrogens (tertiary/aromatic N) is 2. The van der Waals surface area contributed by atoms with Crippen molar-refractivity contribution >= 4 is 27.5 Å². The largest absolute Gasteiger partial charge is 0.497 e. The maximum Gasteiger partial charge on any atom is 0.264 e. The summed E-state index contributed by atoms with van der Waals surface area (Å²) in [7, 11) is 0.224. The number of carbonyl (C=O) groups excluding carboxylic acids is 2. The first kappa shape index (κ1) is 32.3. The van der Waals surface area contributed by atoms with E-state index < -0.39 is 28.5 Å². The van der Waals surface area contributed by atoms with Gasteiger partial charge >= 0.3 is 0 Å². The van der Waals surface area contributed by atoms with Gasteiger partial charge in [-0.1, -0.05) is 38.1 Å². The van der Waals surface area contributed by atoms with Gasteiger partial charge in [-0.15, -0.1) is 0 Å². The van der Waals surface area contributed by atoms with E-state index in [2.05, 4.69) is 5.32 Å². The summed E-state index contributed by atoms with van der Waals surface area (Å²) in [5, 5.41) is 2.88. The lowest BCUT2D eigenvalue weighted by Gasteiger charge is -2.33. The number of carbonyl (C=O) groups is 2. The highest BCUT2D eigenvalue weighted by Gasteiger charge is 2.34. The maximum absolute atomic E-state index is 14.2. The van der Waals surface area contributed by atoms with E-state index in [0.29, 0.717) is 24.5 Å². The fraction of sp³-hybridized carbons (Fsp3) is 0.355. The zero-order valence-electron chi connectivity index (χ0n) is 24.7. The summed E-state index contributed by atoms with van der Waals surface area (Å²) in [4.78, 5) is 28.8. The van der Waals surface area contributed by atoms with E-state index in [1.54, 1.807) is 43.5 Å². The van der Waals surface area contributed by atoms with Crippen molar-refractivity contribution in [2.75, 3.05) is 38.7 Å². The van der Waals surface area contributed by atoms with Crippen LogP contribution in [-0.4, -0.2) is 65.6 Å². The van der Waals surface area contributed by atoms with Crippen LogP contribution in [0.3, 0.4) is 0 Å². The van der Waals surface area contributed by atoms with E-state index in [0.717, 1.165) is 16.3 Å². The third kappa shape index (κ3) is 7.73. The molecule has 226 valence electrons. The van der Waals surface area contributed by atoms with Gasteiger partial charge in [0.25, 0.3) is 10.0 Å². The molecule has 0 radical (unpaired) electrons. The number of rotatable bonds is 15. The predicted octanol–water partition coefficient (Wildman–Crippen LogP) is 4.24. The molecule has 0 aliphatic rings. The Morgan fingerprint density at radius 3 is 1.98 bits per heavy atom. The van der Waals surface area contributed by atoms with Crippen LogP contribution in [0, 0.1) is 0 Å². The van der Waals surface area contributed by atoms with Crippen LogP contribution in [0.2, 0.25) is 0 Å². The second-order valence-electron chi connectivity index (χ2n) is 9.44. The van der Waals surface area contributed by atoms with Crippen LogP contribution >= 0.6 is 0 Å². The van der Waals surface area contributed by atoms with Crippen molar-refractivity contribution in [1.82, 2.24) is 10.2 Å². The fourth-order valence-corrected chi connectivity index (χ4v) is 5.86. The van der Waals surface area contributed by atoms with Crippen molar-refractivity contribution in [1.29, 1.82) is 0 Å². The highest BCUT2D eigenvalue weighted by atomic mass is 32.2. The van der Waals surface area contributed by atoms with Gasteiger partial charge in [0.15, 0.2) is 0 Å². The minimum Gasteiger partial charge on any atom is -0.497 e. The number of hydrogen-bond acceptors (Lipinski definition) is 7. The highest BCUT2D eigenvalue weighted by Crippen LogP contribution is 2.33. The van der Waals surface area contributed by atoms with E-state index in [-0.39, 0.29) is 28.8 Å². The number of para-hydroxylation sites is 2. The lowest BCUT2D eigenvalue weighted by Crippen LogP contribution is -2.52. The molecule has 1 N–H and O–H groups in total. The molecule has 0 aromatic heterocycles. The van der Waals surface area contributed by atoms with Gasteiger partial charge in [0.2, 0.25) is 11.8 Å². The Kier molecular flexibility index (Phi) is 11.6. The van der Waals surface area contributed by atoms with Gasteiger partial charge in [-0.25, -0.2) is 8.42 Å². The quantitative estimate of drug-likeness (QED) is 0.279. The third-order valence-electron chi connectivity index (χ3n) is 6.73. The lowest BCUT2D eigenvalue weighted by atomic mass is 10.1. The Labute approximate surface area is 248 Å². The molecule has 3 rings (SSSR count). The summed E-state index contributed by atoms with van der Waals surface area (Å²) in [6, 6.07) is 18.8. The molecule has 1 atom stereocenters. The number of sulfonamides is 1. The molecule has 0 aliphatic carbocycles. The van der Waals surface area contributed by atoms with Crippen LogP contribution in [0.1, 0.15) is 32.3 Å². The summed E-state index contributed by atoms with van der Waals surface area (Å²) < 4.78 is 45.1. The Hall–Kier alpha value is -4.25. The van der Waals surface area contributed by atoms with Gasteiger partial charge in [-0.05, 0) is 66.9 Å². The summed E-state index contributed by atoms with van der Waals surface area (Å²) in [5.74, 6) is 0.563. The van der Waals surface area contributed by atoms with E-state index >= 15 is 0 Å². The first-order valence-corrected chi connectivity index (χ1v) is 15.1. The molecule has 2 amide bonds. The van der Waals surface area contributed by atoms with Gasteiger partial charge in [0, 0.05) is 13.1 Å². The SMILES string of the molecule is CCCNC(=O)C(CC)N(Cc1ccc(OC)cc1)C(=O)CN(c1ccccc1OC)S(=O)(=O)c1ccc(OC)cc1. The normalized spacial score (nSPS) is 11.7. The van der Waals surface area contributed by atoms with E-state index in [1.807, 2.05) is 26.0 Å². The van der Waals surface area contributed by atoms with Gasteiger partial charge in [0.1, 0.15) is 29.8 Å². The highest BCUT2D eigenvalue weighted by molar-refractivity contribution is 7.92. The second-order valence-corrected chi connectivity index (χ2v) is 11.3. The minimum atomic E-state index is -4.26. The standard InChI is InChI=1S/C31H39N3O7S/c1-6-20-32-31(36)27(7-2)33(21-23-12-14-24(39-3)15-13-23)30(35)22-34(28-10-8-9-11-29(28)41-5)42(37,38)26-18-16-25(40-4)17-19-26/h8-19,27H,6-7,20-22H2,1-5H3,(H,32,36). The summed E-state index contributed by atoms with van der Waals surface area (Å²) in [5.41, 5.74) is 0.949. The van der Waals surface area contributed by atoms with Gasteiger partial charge in [-0.2, -0.15) is 0 Å². The molecule has 0 spiro atoms. The first-order chi connectivity index (χ1) is 20.2. The Morgan fingerprint density at radius 2 is 1.43 bits per heavy atom. The molecule has 3 aromatic carbocycles. The third-order valence-corrected chi connectivity index (χ3v) is 8.50. The number of ether oxygens (including phenoxy) is 3. The molecule has 0 saturated carbocycles. The molecule has 0 fully saturated rings. The van der Waals surface area contributed by atoms with Crippen LogP contribution in [-0.2, 0) is 26.2 Å². The van der Waals surface area contributed by atoms with Crippen LogP contribution in [0.4, 0.5) is 5.69 Å². The van der Waals surface area contributed by atoms with Crippen LogP contribution < -0.4 is 23.8 Å². The molecule has 10 nitrogen and oxygen atoms in total. The Bertz CT molecular complexity index is 1430. The number of benzene rings is 3. The number of hydrogen-bond donors (Lipinski definition) is 1. The zero-order chi connectivity index (χ0) is 30.7. The van der Waals surface area contributed by atoms with Gasteiger partial charge < -0.3 is 24.4 Å². The van der Waals surface area contributed by atoms with Crippen LogP contribution in [0.5, 0.6) is 17.2 Å². The molecule has 0 heterocycles. The average Bonchev–Trinajstić information content (AvgIpc) is 3.02. The van der Waals surface area contributed by atoms with Crippen LogP contribution in [0.25, 0.3) is 0 Å². The van der Waals surface area contributed by atoms with Crippen molar-refractivity contribution in [3.63, 3.8) is 0 Å². The zero-order valence-corrected chi connectivity index (χ0v) is 25.5. The molecule has 42 heavy (non-hydrogen) atoms. The van der Waals surface area contributed by atoms with E-state index in [9.17, 15) is 18.0 Å². The van der Waals surface area contributed by atoms with Crippen LogP contribution in [0.15, 0.2) is 77.7 Å². The number of methoxy groups -OCH3 is 3. The fourth-order valence-electron chi connectivity index (χ4n) is 4.44. The van der Waals surface area contributed by atoms with Gasteiger partial charge in [-0.3, -0.25) is 13.9 Å². The molecule has 11 heteroatoms. The van der Waals surface area contributed by atoms with Gasteiger partial charge in [0.05, 0.1) is 31.9 Å². The number of anilines is 1. The molecule has 1 unspecified atom stereocenters. The predicted molar refractivity (Wildman–Crippen MR) is 161 cm³/mol. The minimum absolute atomic E-state index is 0.0311. The molecular formula is C31H39N3O7S. The van der Waals surface area contributed by atoms with E-state index in [1.165, 1.54) is 43.4 Å². The summed E-state index contributed by atoms with van der Waals surface area (Å²) >= 11 is 0.